The molecular formula is C45H87NO6Ti2-2. The number of hydrogen-bond donors (Lipinski definition) is 6. The van der Waals surface area contributed by atoms with Gasteiger partial charge < -0.3 is 45.5 Å². The van der Waals surface area contributed by atoms with Crippen LogP contribution < -0.4 is 0 Å². The van der Waals surface area contributed by atoms with Crippen LogP contribution in [0.15, 0.2) is 24.3 Å². The molecule has 2 aliphatic carbocycles. The first-order valence-electron chi connectivity index (χ1n) is 18.4. The maximum absolute atomic E-state index is 9.85. The first kappa shape index (κ1) is 68.0. The van der Waals surface area contributed by atoms with Gasteiger partial charge in [0.15, 0.2) is 0 Å². The maximum Gasteiger partial charge on any atom is 0.121 e. The van der Waals surface area contributed by atoms with Gasteiger partial charge in [0.25, 0.3) is 0 Å². The van der Waals surface area contributed by atoms with Crippen LogP contribution in [-0.2, 0) is 56.5 Å². The van der Waals surface area contributed by atoms with Crippen molar-refractivity contribution in [3.05, 3.63) is 72.5 Å². The summed E-state index contributed by atoms with van der Waals surface area (Å²) in [4.78, 5) is 2.23. The van der Waals surface area contributed by atoms with Gasteiger partial charge in [-0.05, 0) is 127 Å². The molecule has 0 radical (unpaired) electrons. The molecule has 318 valence electrons. The van der Waals surface area contributed by atoms with E-state index in [1.54, 1.807) is 0 Å². The molecule has 0 spiro atoms. The molecule has 7 nitrogen and oxygen atoms in total. The molecule has 2 aromatic carbocycles. The fourth-order valence-corrected chi connectivity index (χ4v) is 7.74. The van der Waals surface area contributed by atoms with E-state index in [9.17, 15) is 10.2 Å². The normalized spacial score (nSPS) is 25.6. The Balaban J connectivity index is -0.000000118. The van der Waals surface area contributed by atoms with Crippen molar-refractivity contribution in [2.75, 3.05) is 35.5 Å². The van der Waals surface area contributed by atoms with Crippen molar-refractivity contribution < 1.29 is 74.1 Å². The second-order valence-corrected chi connectivity index (χ2v) is 14.9. The van der Waals surface area contributed by atoms with Crippen molar-refractivity contribution >= 4 is 0 Å². The van der Waals surface area contributed by atoms with Crippen molar-refractivity contribution in [2.45, 2.75) is 110 Å². The molecular weight excluding hydrogens is 746 g/mol. The Labute approximate surface area is 365 Å². The molecule has 0 unspecified atom stereocenters. The van der Waals surface area contributed by atoms with E-state index in [2.05, 4.69) is 81.2 Å². The summed E-state index contributed by atoms with van der Waals surface area (Å²) in [7, 11) is 6.08. The molecule has 0 heterocycles. The van der Waals surface area contributed by atoms with Crippen molar-refractivity contribution in [2.24, 2.45) is 59.2 Å². The fourth-order valence-electron chi connectivity index (χ4n) is 7.74. The van der Waals surface area contributed by atoms with Gasteiger partial charge in [0.1, 0.15) is 11.5 Å². The minimum absolute atomic E-state index is 0. The predicted octanol–water partition coefficient (Wildman–Crippen LogP) is 9.65. The summed E-state index contributed by atoms with van der Waals surface area (Å²) in [5.41, 5.74) is 6.06. The zero-order chi connectivity index (χ0) is 40.2. The minimum Gasteiger partial charge on any atom is -0.507 e. The largest absolute Gasteiger partial charge is 0.507 e. The SMILES string of the molecule is CC1C(C)C(C)C(C)C1C.CC1C(C)C(C)C(C)C1C.CO.CO.CO.CO.Cc1cc(CN(C)Cc2cc(C)c(O)c(C)c2)cc(C)c1O.[CH3-].[CH3-].[Ti].[Ti]. The molecule has 54 heavy (non-hydrogen) atoms. The number of nitrogens with zero attached hydrogens (tertiary/aromatic N) is 1. The number of hydrogen-bond acceptors (Lipinski definition) is 7. The third-order valence-electron chi connectivity index (χ3n) is 12.3. The summed E-state index contributed by atoms with van der Waals surface area (Å²) < 4.78 is 0. The molecule has 2 saturated carbocycles. The van der Waals surface area contributed by atoms with Gasteiger partial charge in [-0.15, -0.1) is 0 Å². The molecule has 0 amide bonds. The number of aliphatic hydroxyl groups is 4. The van der Waals surface area contributed by atoms with E-state index >= 15 is 0 Å². The number of phenolic OH excluding ortho intramolecular Hbond substituents is 2. The number of aryl methyl sites for hydroxylation is 4. The van der Waals surface area contributed by atoms with Crippen LogP contribution in [0.1, 0.15) is 103 Å². The monoisotopic (exact) mass is 834 g/mol. The van der Waals surface area contributed by atoms with E-state index in [1.165, 1.54) is 11.1 Å². The first-order valence-corrected chi connectivity index (χ1v) is 18.4. The fraction of sp³-hybridized carbons (Fsp3) is 0.689. The predicted molar refractivity (Wildman–Crippen MR) is 227 cm³/mol. The standard InChI is InChI=1S/C19H25NO2.2C10H20.4CH4O.2CH3.2Ti/c1-12-6-16(7-13(2)18(12)21)10-20(5)11-17-8-14(3)19(22)15(4)9-17;2*1-6-7(2)9(4)10(5)8(6)3;4*1-2;;;;/h6-9,21-22H,10-11H2,1-5H3;2*6-10H,1-5H3;4*2H,1H3;2*1H3;;/q;;;;;;;2*-1;;. The van der Waals surface area contributed by atoms with E-state index in [0.717, 1.165) is 123 Å². The quantitative estimate of drug-likeness (QED) is 0.134. The van der Waals surface area contributed by atoms with Crippen LogP contribution in [0.3, 0.4) is 0 Å². The Hall–Kier alpha value is -0.731. The third-order valence-corrected chi connectivity index (χ3v) is 12.3. The molecule has 0 aliphatic heterocycles. The second kappa shape index (κ2) is 35.4. The molecule has 2 aliphatic rings. The van der Waals surface area contributed by atoms with E-state index in [-0.39, 0.29) is 58.3 Å². The van der Waals surface area contributed by atoms with Gasteiger partial charge in [0, 0.05) is 85.0 Å². The van der Waals surface area contributed by atoms with Crippen LogP contribution >= 0.6 is 0 Å². The smallest absolute Gasteiger partial charge is 0.121 e. The van der Waals surface area contributed by atoms with E-state index in [1.807, 2.05) is 52.0 Å². The molecule has 6 N–H and O–H groups in total. The summed E-state index contributed by atoms with van der Waals surface area (Å²) >= 11 is 0. The van der Waals surface area contributed by atoms with Gasteiger partial charge in [-0.25, -0.2) is 0 Å². The third kappa shape index (κ3) is 20.6. The van der Waals surface area contributed by atoms with E-state index in [0.29, 0.717) is 11.5 Å². The maximum atomic E-state index is 9.85. The number of aliphatic hydroxyl groups excluding tert-OH is 4. The molecule has 4 rings (SSSR count). The molecule has 9 heteroatoms. The Morgan fingerprint density at radius 3 is 0.648 bits per heavy atom. The van der Waals surface area contributed by atoms with Gasteiger partial charge in [-0.2, -0.15) is 0 Å². The number of benzene rings is 2. The summed E-state index contributed by atoms with van der Waals surface area (Å²) in [6.45, 7) is 33.3. The molecule has 0 bridgehead atoms. The zero-order valence-electron chi connectivity index (χ0n) is 38.6. The summed E-state index contributed by atoms with van der Waals surface area (Å²) in [6.07, 6.45) is 0. The second-order valence-electron chi connectivity index (χ2n) is 14.9. The van der Waals surface area contributed by atoms with Crippen LogP contribution in [0.5, 0.6) is 11.5 Å². The Morgan fingerprint density at radius 2 is 0.519 bits per heavy atom. The van der Waals surface area contributed by atoms with Crippen LogP contribution in [0.4, 0.5) is 0 Å². The van der Waals surface area contributed by atoms with Crippen molar-refractivity contribution in [1.29, 1.82) is 0 Å². The average molecular weight is 834 g/mol. The number of rotatable bonds is 4. The molecule has 2 fully saturated rings. The zero-order valence-corrected chi connectivity index (χ0v) is 41.8. The Bertz CT molecular complexity index is 958. The van der Waals surface area contributed by atoms with Crippen LogP contribution in [0.25, 0.3) is 0 Å². The number of phenols is 2. The van der Waals surface area contributed by atoms with Gasteiger partial charge in [-0.1, -0.05) is 93.5 Å². The van der Waals surface area contributed by atoms with Crippen molar-refractivity contribution in [3.8, 4) is 11.5 Å². The summed E-state index contributed by atoms with van der Waals surface area (Å²) in [5, 5.41) is 47.7. The van der Waals surface area contributed by atoms with E-state index < -0.39 is 0 Å². The first-order chi connectivity index (χ1) is 23.4. The molecule has 0 atom stereocenters. The van der Waals surface area contributed by atoms with Gasteiger partial charge in [0.2, 0.25) is 0 Å². The average Bonchev–Trinajstić information content (AvgIpc) is 3.39. The summed E-state index contributed by atoms with van der Waals surface area (Å²) in [5.74, 6) is 10.1. The molecule has 0 aromatic heterocycles. The molecule has 0 saturated heterocycles. The number of aromatic hydroxyl groups is 2. The van der Waals surface area contributed by atoms with Gasteiger partial charge >= 0.3 is 0 Å². The van der Waals surface area contributed by atoms with Gasteiger partial charge in [0.05, 0.1) is 0 Å². The van der Waals surface area contributed by atoms with Crippen LogP contribution in [0.2, 0.25) is 0 Å². The van der Waals surface area contributed by atoms with E-state index in [4.69, 9.17) is 20.4 Å². The minimum atomic E-state index is 0. The van der Waals surface area contributed by atoms with Crippen molar-refractivity contribution in [1.82, 2.24) is 4.90 Å². The Morgan fingerprint density at radius 1 is 0.389 bits per heavy atom. The van der Waals surface area contributed by atoms with Gasteiger partial charge in [-0.3, -0.25) is 4.90 Å². The summed E-state index contributed by atoms with van der Waals surface area (Å²) in [6, 6.07) is 8.14. The van der Waals surface area contributed by atoms with Crippen molar-refractivity contribution in [3.63, 3.8) is 0 Å². The van der Waals surface area contributed by atoms with Crippen LogP contribution in [-0.4, -0.2) is 71.0 Å². The molecule has 2 aromatic rings. The van der Waals surface area contributed by atoms with Crippen LogP contribution in [0, 0.1) is 102 Å². The topological polar surface area (TPSA) is 125 Å². The Kier molecular flexibility index (Phi) is 44.6.